The molecule has 4 heterocycles. The molecule has 1 aliphatic carbocycles. The van der Waals surface area contributed by atoms with Crippen molar-refractivity contribution in [1.29, 1.82) is 0 Å². The van der Waals surface area contributed by atoms with Gasteiger partial charge in [-0.3, -0.25) is 14.5 Å². The Morgan fingerprint density at radius 2 is 1.83 bits per heavy atom. The molecule has 5 rings (SSSR count). The lowest BCUT2D eigenvalue weighted by Gasteiger charge is -2.48. The lowest BCUT2D eigenvalue weighted by atomic mass is 9.85. The van der Waals surface area contributed by atoms with E-state index in [1.807, 2.05) is 0 Å². The molecule has 0 aromatic heterocycles. The number of nitrogens with one attached hydrogen (secondary N) is 1. The number of carbonyl (C=O) groups excluding carboxylic acids is 3. The lowest BCUT2D eigenvalue weighted by molar-refractivity contribution is -0.257. The SMILES string of the molecule is CN(C(=O)O[C@H]1CN2C(N)=N[C@@H](CN3C(=O)CCC3=O)C3N=C(N)NC32C1(O)O)C1CCCCC1. The smallest absolute Gasteiger partial charge is 0.410 e. The van der Waals surface area contributed by atoms with Crippen LogP contribution in [0, 0.1) is 0 Å². The van der Waals surface area contributed by atoms with E-state index in [-0.39, 0.29) is 55.7 Å². The molecular formula is C21H32N8O6. The first-order valence-corrected chi connectivity index (χ1v) is 12.0. The van der Waals surface area contributed by atoms with Crippen molar-refractivity contribution in [3.63, 3.8) is 0 Å². The summed E-state index contributed by atoms with van der Waals surface area (Å²) in [6.45, 7) is -0.310. The van der Waals surface area contributed by atoms with Crippen LogP contribution in [0.3, 0.4) is 0 Å². The third kappa shape index (κ3) is 3.49. The zero-order valence-corrected chi connectivity index (χ0v) is 19.6. The van der Waals surface area contributed by atoms with E-state index < -0.39 is 35.7 Å². The van der Waals surface area contributed by atoms with Crippen molar-refractivity contribution in [2.24, 2.45) is 21.5 Å². The van der Waals surface area contributed by atoms with Crippen LogP contribution < -0.4 is 16.8 Å². The van der Waals surface area contributed by atoms with Crippen molar-refractivity contribution < 1.29 is 29.3 Å². The van der Waals surface area contributed by atoms with Crippen LogP contribution in [0.15, 0.2) is 9.98 Å². The Morgan fingerprint density at radius 3 is 2.49 bits per heavy atom. The zero-order chi connectivity index (χ0) is 25.1. The van der Waals surface area contributed by atoms with Crippen LogP contribution in [0.4, 0.5) is 4.79 Å². The van der Waals surface area contributed by atoms with Crippen molar-refractivity contribution in [2.45, 2.75) is 80.6 Å². The summed E-state index contributed by atoms with van der Waals surface area (Å²) in [7, 11) is 1.64. The van der Waals surface area contributed by atoms with Crippen molar-refractivity contribution >= 4 is 29.8 Å². The molecule has 35 heavy (non-hydrogen) atoms. The Kier molecular flexibility index (Phi) is 5.55. The molecule has 0 aromatic carbocycles. The van der Waals surface area contributed by atoms with Crippen molar-refractivity contribution in [3.05, 3.63) is 0 Å². The number of carbonyl (C=O) groups is 3. The van der Waals surface area contributed by atoms with Gasteiger partial charge in [-0.1, -0.05) is 19.3 Å². The highest BCUT2D eigenvalue weighted by Crippen LogP contribution is 2.46. The molecule has 2 saturated heterocycles. The number of imide groups is 1. The molecule has 3 fully saturated rings. The average Bonchev–Trinajstić information content (AvgIpc) is 3.42. The van der Waals surface area contributed by atoms with Gasteiger partial charge in [0, 0.05) is 25.9 Å². The van der Waals surface area contributed by atoms with E-state index in [4.69, 9.17) is 16.2 Å². The minimum atomic E-state index is -2.68. The fourth-order valence-corrected chi connectivity index (χ4v) is 6.01. The van der Waals surface area contributed by atoms with Crippen LogP contribution >= 0.6 is 0 Å². The minimum Gasteiger partial charge on any atom is -0.438 e. The molecule has 0 radical (unpaired) electrons. The highest BCUT2D eigenvalue weighted by atomic mass is 16.6. The number of ether oxygens (including phenoxy) is 1. The van der Waals surface area contributed by atoms with Crippen molar-refractivity contribution in [1.82, 2.24) is 20.0 Å². The van der Waals surface area contributed by atoms with Crippen molar-refractivity contribution in [2.75, 3.05) is 20.1 Å². The van der Waals surface area contributed by atoms with Crippen LogP contribution in [-0.2, 0) is 14.3 Å². The van der Waals surface area contributed by atoms with E-state index in [0.29, 0.717) is 0 Å². The average molecular weight is 493 g/mol. The third-order valence-electron chi connectivity index (χ3n) is 7.93. The monoisotopic (exact) mass is 492 g/mol. The van der Waals surface area contributed by atoms with Gasteiger partial charge in [0.25, 0.3) is 0 Å². The van der Waals surface area contributed by atoms with Gasteiger partial charge in [-0.25, -0.2) is 14.8 Å². The largest absolute Gasteiger partial charge is 0.438 e. The highest BCUT2D eigenvalue weighted by Gasteiger charge is 2.74. The second-order valence-electron chi connectivity index (χ2n) is 9.92. The van der Waals surface area contributed by atoms with Crippen LogP contribution in [0.25, 0.3) is 0 Å². The minimum absolute atomic E-state index is 0.0214. The summed E-state index contributed by atoms with van der Waals surface area (Å²) >= 11 is 0. The van der Waals surface area contributed by atoms with E-state index in [0.717, 1.165) is 37.0 Å². The highest BCUT2D eigenvalue weighted by molar-refractivity contribution is 6.02. The Hall–Kier alpha value is -3.13. The van der Waals surface area contributed by atoms with E-state index in [2.05, 4.69) is 15.3 Å². The van der Waals surface area contributed by atoms with Crippen LogP contribution in [0.5, 0.6) is 0 Å². The van der Waals surface area contributed by atoms with E-state index in [1.54, 1.807) is 7.05 Å². The maximum Gasteiger partial charge on any atom is 0.410 e. The maximum absolute atomic E-state index is 12.9. The van der Waals surface area contributed by atoms with Gasteiger partial charge in [0.1, 0.15) is 6.04 Å². The van der Waals surface area contributed by atoms with E-state index >= 15 is 0 Å². The van der Waals surface area contributed by atoms with Gasteiger partial charge < -0.3 is 41.5 Å². The summed E-state index contributed by atoms with van der Waals surface area (Å²) in [5.74, 6) is -3.52. The van der Waals surface area contributed by atoms with Gasteiger partial charge in [0.05, 0.1) is 19.1 Å². The predicted octanol–water partition coefficient (Wildman–Crippen LogP) is -2.42. The number of likely N-dealkylation sites (tertiary alicyclic amines) is 1. The van der Waals surface area contributed by atoms with Crippen LogP contribution in [-0.4, -0.2) is 111 Å². The van der Waals surface area contributed by atoms with Crippen LogP contribution in [0.2, 0.25) is 0 Å². The van der Waals surface area contributed by atoms with E-state index in [9.17, 15) is 24.6 Å². The standard InChI is InChI=1S/C21H32N8O6/c1-27(11-5-3-2-4-6-11)19(32)35-13-10-29-18(23)24-12(9-28-14(30)7-8-15(28)31)16-20(29,21(13,33)34)26-17(22)25-16/h11-13,16,33-34H,2-10H2,1H3,(H2,23,24)(H3,22,25,26)/t12-,13-,16?,20?/m0/s1. The summed E-state index contributed by atoms with van der Waals surface area (Å²) in [5, 5.41) is 25.7. The Bertz CT molecular complexity index is 978. The van der Waals surface area contributed by atoms with Crippen molar-refractivity contribution in [3.8, 4) is 0 Å². The van der Waals surface area contributed by atoms with E-state index in [1.165, 1.54) is 9.80 Å². The molecule has 4 atom stereocenters. The second kappa shape index (κ2) is 8.22. The number of nitrogens with zero attached hydrogens (tertiary/aromatic N) is 5. The number of guanidine groups is 2. The normalized spacial score (nSPS) is 34.2. The summed E-state index contributed by atoms with van der Waals surface area (Å²) in [5.41, 5.74) is 10.4. The molecule has 4 aliphatic heterocycles. The molecule has 3 amide bonds. The summed E-state index contributed by atoms with van der Waals surface area (Å²) in [6.07, 6.45) is 3.01. The fourth-order valence-electron chi connectivity index (χ4n) is 6.01. The number of aliphatic imine (C=N–C) groups is 2. The molecular weight excluding hydrogens is 460 g/mol. The van der Waals surface area contributed by atoms with Gasteiger partial charge >= 0.3 is 6.09 Å². The molecule has 1 spiro atoms. The Labute approximate surface area is 201 Å². The first-order valence-electron chi connectivity index (χ1n) is 12.0. The molecule has 1 saturated carbocycles. The molecule has 14 heteroatoms. The number of hydrogen-bond acceptors (Lipinski definition) is 12. The molecule has 2 unspecified atom stereocenters. The van der Waals surface area contributed by atoms with Gasteiger partial charge in [-0.05, 0) is 12.8 Å². The topological polar surface area (TPSA) is 199 Å². The molecule has 14 nitrogen and oxygen atoms in total. The van der Waals surface area contributed by atoms with Gasteiger partial charge in [0.2, 0.25) is 17.6 Å². The van der Waals surface area contributed by atoms with Gasteiger partial charge in [-0.2, -0.15) is 0 Å². The fraction of sp³-hybridized carbons (Fsp3) is 0.762. The number of aliphatic hydroxyl groups is 2. The third-order valence-corrected chi connectivity index (χ3v) is 7.93. The Balaban J connectivity index is 1.41. The quantitative estimate of drug-likeness (QED) is 0.208. The summed E-state index contributed by atoms with van der Waals surface area (Å²) in [6, 6.07) is -1.89. The summed E-state index contributed by atoms with van der Waals surface area (Å²) in [4.78, 5) is 50.0. The number of amides is 3. The van der Waals surface area contributed by atoms with Gasteiger partial charge in [0.15, 0.2) is 23.7 Å². The molecule has 0 aromatic rings. The molecule has 7 N–H and O–H groups in total. The Morgan fingerprint density at radius 1 is 1.17 bits per heavy atom. The molecule has 5 aliphatic rings. The summed E-state index contributed by atoms with van der Waals surface area (Å²) < 4.78 is 5.61. The number of nitrogens with two attached hydrogens (primary N) is 2. The predicted molar refractivity (Wildman–Crippen MR) is 121 cm³/mol. The molecule has 0 bridgehead atoms. The van der Waals surface area contributed by atoms with Gasteiger partial charge in [-0.15, -0.1) is 0 Å². The molecule has 192 valence electrons. The van der Waals surface area contributed by atoms with Crippen LogP contribution in [0.1, 0.15) is 44.9 Å². The maximum atomic E-state index is 12.9. The zero-order valence-electron chi connectivity index (χ0n) is 19.6. The first-order chi connectivity index (χ1) is 16.6. The second-order valence-corrected chi connectivity index (χ2v) is 9.92. The lowest BCUT2D eigenvalue weighted by Crippen LogP contribution is -2.77. The first kappa shape index (κ1) is 23.6. The number of hydrogen-bond donors (Lipinski definition) is 5. The number of rotatable bonds is 4.